The lowest BCUT2D eigenvalue weighted by Gasteiger charge is -2.18. The summed E-state index contributed by atoms with van der Waals surface area (Å²) in [6.07, 6.45) is 1.97. The Kier molecular flexibility index (Phi) is 2.19. The van der Waals surface area contributed by atoms with Crippen LogP contribution in [-0.2, 0) is 6.54 Å². The van der Waals surface area contributed by atoms with Crippen LogP contribution in [0.25, 0.3) is 0 Å². The molecule has 1 nitrogen and oxygen atoms in total. The lowest BCUT2D eigenvalue weighted by molar-refractivity contribution is 0.256. The molecule has 0 aliphatic carbocycles. The van der Waals surface area contributed by atoms with E-state index in [0.717, 1.165) is 13.1 Å². The second kappa shape index (κ2) is 3.35. The summed E-state index contributed by atoms with van der Waals surface area (Å²) < 4.78 is 0. The highest BCUT2D eigenvalue weighted by Crippen LogP contribution is 2.32. The molecule has 1 aliphatic heterocycles. The zero-order chi connectivity index (χ0) is 9.26. The maximum atomic E-state index is 3.78. The molecule has 0 radical (unpaired) electrons. The van der Waals surface area contributed by atoms with Crippen molar-refractivity contribution in [2.24, 2.45) is 0 Å². The molecule has 1 heteroatoms. The average molecular weight is 173 g/mol. The predicted octanol–water partition coefficient (Wildman–Crippen LogP) is 2.75. The summed E-state index contributed by atoms with van der Waals surface area (Å²) in [5.41, 5.74) is 2.95. The fraction of sp³-hybridized carbons (Fsp3) is 0.333. The molecule has 0 spiro atoms. The van der Waals surface area contributed by atoms with Crippen LogP contribution in [0, 0.1) is 0 Å². The van der Waals surface area contributed by atoms with E-state index in [1.807, 2.05) is 6.08 Å². The summed E-state index contributed by atoms with van der Waals surface area (Å²) in [7, 11) is 0. The van der Waals surface area contributed by atoms with Crippen LogP contribution in [0.15, 0.2) is 36.9 Å². The highest BCUT2D eigenvalue weighted by atomic mass is 15.2. The molecule has 1 atom stereocenters. The molecular weight excluding hydrogens is 158 g/mol. The van der Waals surface area contributed by atoms with Crippen molar-refractivity contribution >= 4 is 0 Å². The first kappa shape index (κ1) is 8.52. The molecule has 0 saturated heterocycles. The molecule has 68 valence electrons. The van der Waals surface area contributed by atoms with Crippen LogP contribution in [0.2, 0.25) is 0 Å². The van der Waals surface area contributed by atoms with Crippen molar-refractivity contribution in [1.82, 2.24) is 4.90 Å². The Hall–Kier alpha value is -1.08. The highest BCUT2D eigenvalue weighted by molar-refractivity contribution is 5.33. The van der Waals surface area contributed by atoms with Gasteiger partial charge in [0.2, 0.25) is 0 Å². The maximum absolute atomic E-state index is 3.78. The predicted molar refractivity (Wildman–Crippen MR) is 55.5 cm³/mol. The quantitative estimate of drug-likeness (QED) is 0.621. The number of benzene rings is 1. The Labute approximate surface area is 79.7 Å². The zero-order valence-corrected chi connectivity index (χ0v) is 8.03. The second-order valence-corrected chi connectivity index (χ2v) is 3.59. The number of rotatable bonds is 2. The van der Waals surface area contributed by atoms with Gasteiger partial charge in [-0.2, -0.15) is 0 Å². The Morgan fingerprint density at radius 2 is 2.31 bits per heavy atom. The molecule has 2 rings (SSSR count). The molecule has 0 N–H and O–H groups in total. The first-order valence-electron chi connectivity index (χ1n) is 4.75. The number of nitrogens with zero attached hydrogens (tertiary/aromatic N) is 1. The van der Waals surface area contributed by atoms with E-state index in [4.69, 9.17) is 0 Å². The van der Waals surface area contributed by atoms with E-state index >= 15 is 0 Å². The largest absolute Gasteiger partial charge is 0.289 e. The summed E-state index contributed by atoms with van der Waals surface area (Å²) >= 11 is 0. The molecule has 1 unspecified atom stereocenters. The first-order chi connectivity index (χ1) is 6.33. The minimum absolute atomic E-state index is 0.550. The number of fused-ring (bicyclic) bond motifs is 1. The molecule has 0 fully saturated rings. The van der Waals surface area contributed by atoms with E-state index in [1.165, 1.54) is 11.1 Å². The highest BCUT2D eigenvalue weighted by Gasteiger charge is 2.24. The summed E-state index contributed by atoms with van der Waals surface area (Å²) in [6.45, 7) is 8.09. The molecule has 13 heavy (non-hydrogen) atoms. The molecule has 1 aromatic rings. The Morgan fingerprint density at radius 1 is 1.54 bits per heavy atom. The first-order valence-corrected chi connectivity index (χ1v) is 4.75. The van der Waals surface area contributed by atoms with E-state index in [0.29, 0.717) is 6.04 Å². The van der Waals surface area contributed by atoms with Crippen molar-refractivity contribution in [3.05, 3.63) is 48.0 Å². The van der Waals surface area contributed by atoms with Gasteiger partial charge in [-0.1, -0.05) is 30.3 Å². The molecule has 0 amide bonds. The van der Waals surface area contributed by atoms with Crippen molar-refractivity contribution in [2.75, 3.05) is 6.54 Å². The van der Waals surface area contributed by atoms with Crippen molar-refractivity contribution < 1.29 is 0 Å². The molecule has 1 heterocycles. The fourth-order valence-corrected chi connectivity index (χ4v) is 2.03. The third-order valence-electron chi connectivity index (χ3n) is 2.79. The van der Waals surface area contributed by atoms with E-state index in [-0.39, 0.29) is 0 Å². The third kappa shape index (κ3) is 1.40. The van der Waals surface area contributed by atoms with Gasteiger partial charge in [-0.25, -0.2) is 0 Å². The molecule has 1 aliphatic rings. The third-order valence-corrected chi connectivity index (χ3v) is 2.79. The van der Waals surface area contributed by atoms with Crippen LogP contribution in [0.4, 0.5) is 0 Å². The smallest absolute Gasteiger partial charge is 0.0329 e. The molecule has 0 bridgehead atoms. The Bertz CT molecular complexity index is 317. The second-order valence-electron chi connectivity index (χ2n) is 3.59. The monoisotopic (exact) mass is 173 g/mol. The van der Waals surface area contributed by atoms with Crippen molar-refractivity contribution in [1.29, 1.82) is 0 Å². The Morgan fingerprint density at radius 3 is 3.00 bits per heavy atom. The Balaban J connectivity index is 2.27. The van der Waals surface area contributed by atoms with E-state index in [9.17, 15) is 0 Å². The standard InChI is InChI=1S/C12H15N/c1-3-8-13-9-11-6-4-5-7-12(11)10(13)2/h3-7,10H,1,8-9H2,2H3. The molecule has 0 aromatic heterocycles. The van der Waals surface area contributed by atoms with Crippen LogP contribution in [0.1, 0.15) is 24.1 Å². The molecular formula is C12H15N. The van der Waals surface area contributed by atoms with Gasteiger partial charge in [0.1, 0.15) is 0 Å². The van der Waals surface area contributed by atoms with E-state index in [2.05, 4.69) is 42.7 Å². The number of hydrogen-bond acceptors (Lipinski definition) is 1. The van der Waals surface area contributed by atoms with Gasteiger partial charge in [-0.3, -0.25) is 4.90 Å². The summed E-state index contributed by atoms with van der Waals surface area (Å²) in [4.78, 5) is 2.43. The van der Waals surface area contributed by atoms with Gasteiger partial charge >= 0.3 is 0 Å². The van der Waals surface area contributed by atoms with Crippen molar-refractivity contribution in [3.8, 4) is 0 Å². The van der Waals surface area contributed by atoms with Gasteiger partial charge in [0.25, 0.3) is 0 Å². The van der Waals surface area contributed by atoms with Crippen LogP contribution in [-0.4, -0.2) is 11.4 Å². The summed E-state index contributed by atoms with van der Waals surface area (Å²) in [6, 6.07) is 9.22. The van der Waals surface area contributed by atoms with E-state index < -0.39 is 0 Å². The van der Waals surface area contributed by atoms with Crippen LogP contribution < -0.4 is 0 Å². The van der Waals surface area contributed by atoms with Gasteiger partial charge in [0.15, 0.2) is 0 Å². The summed E-state index contributed by atoms with van der Waals surface area (Å²) in [5, 5.41) is 0. The normalized spacial score (nSPS) is 21.5. The number of hydrogen-bond donors (Lipinski definition) is 0. The van der Waals surface area contributed by atoms with E-state index in [1.54, 1.807) is 0 Å². The van der Waals surface area contributed by atoms with Gasteiger partial charge in [-0.15, -0.1) is 6.58 Å². The van der Waals surface area contributed by atoms with Crippen LogP contribution >= 0.6 is 0 Å². The lowest BCUT2D eigenvalue weighted by Crippen LogP contribution is -2.19. The molecule has 0 saturated carbocycles. The lowest BCUT2D eigenvalue weighted by atomic mass is 10.1. The summed E-state index contributed by atoms with van der Waals surface area (Å²) in [5.74, 6) is 0. The van der Waals surface area contributed by atoms with Crippen molar-refractivity contribution in [3.63, 3.8) is 0 Å². The van der Waals surface area contributed by atoms with Gasteiger partial charge < -0.3 is 0 Å². The van der Waals surface area contributed by atoms with Crippen LogP contribution in [0.5, 0.6) is 0 Å². The van der Waals surface area contributed by atoms with Crippen molar-refractivity contribution in [2.45, 2.75) is 19.5 Å². The van der Waals surface area contributed by atoms with Gasteiger partial charge in [0.05, 0.1) is 0 Å². The molecule has 1 aromatic carbocycles. The van der Waals surface area contributed by atoms with Crippen LogP contribution in [0.3, 0.4) is 0 Å². The maximum Gasteiger partial charge on any atom is 0.0329 e. The SMILES string of the molecule is C=CCN1Cc2ccccc2C1C. The fourth-order valence-electron chi connectivity index (χ4n) is 2.03. The van der Waals surface area contributed by atoms with Gasteiger partial charge in [0, 0.05) is 19.1 Å². The minimum atomic E-state index is 0.550. The zero-order valence-electron chi connectivity index (χ0n) is 8.03. The van der Waals surface area contributed by atoms with Gasteiger partial charge in [-0.05, 0) is 18.1 Å². The minimum Gasteiger partial charge on any atom is -0.289 e. The topological polar surface area (TPSA) is 3.24 Å². The average Bonchev–Trinajstić information content (AvgIpc) is 2.46.